The van der Waals surface area contributed by atoms with E-state index in [0.717, 1.165) is 18.7 Å². The van der Waals surface area contributed by atoms with E-state index in [2.05, 4.69) is 66.9 Å². The lowest BCUT2D eigenvalue weighted by molar-refractivity contribution is 0.160. The zero-order valence-corrected chi connectivity index (χ0v) is 19.3. The second kappa shape index (κ2) is 8.30. The summed E-state index contributed by atoms with van der Waals surface area (Å²) in [5.41, 5.74) is 2.26. The molecular weight excluding hydrogens is 390 g/mol. The number of allylic oxidation sites excluding steroid dienone is 1. The molecule has 1 saturated heterocycles. The summed E-state index contributed by atoms with van der Waals surface area (Å²) in [4.78, 5) is 6.11. The smallest absolute Gasteiger partial charge is 0.151 e. The first-order valence-electron chi connectivity index (χ1n) is 10.5. The summed E-state index contributed by atoms with van der Waals surface area (Å²) in [6, 6.07) is 7.35. The van der Waals surface area contributed by atoms with Crippen molar-refractivity contribution in [3.8, 4) is 17.0 Å². The van der Waals surface area contributed by atoms with Crippen molar-refractivity contribution in [1.29, 1.82) is 0 Å². The Morgan fingerprint density at radius 1 is 1.19 bits per heavy atom. The minimum absolute atomic E-state index is 0.0346. The van der Waals surface area contributed by atoms with Crippen LogP contribution in [0.25, 0.3) is 17.3 Å². The molecule has 7 nitrogen and oxygen atoms in total. The molecule has 2 heterocycles. The Morgan fingerprint density at radius 3 is 2.35 bits per heavy atom. The average Bonchev–Trinajstić information content (AvgIpc) is 2.66. The maximum Gasteiger partial charge on any atom is 0.151 e. The van der Waals surface area contributed by atoms with Crippen molar-refractivity contribution in [2.24, 2.45) is 4.99 Å². The van der Waals surface area contributed by atoms with Gasteiger partial charge in [-0.05, 0) is 78.5 Å². The van der Waals surface area contributed by atoms with Gasteiger partial charge in [0.15, 0.2) is 5.82 Å². The fraction of sp³-hybridized carbons (Fsp3) is 0.458. The maximum absolute atomic E-state index is 10.5. The molecule has 0 bridgehead atoms. The predicted octanol–water partition coefficient (Wildman–Crippen LogP) is 4.85. The highest BCUT2D eigenvalue weighted by Gasteiger charge is 2.39. The van der Waals surface area contributed by atoms with Gasteiger partial charge in [0, 0.05) is 41.4 Å². The molecule has 0 unspecified atom stereocenters. The number of aliphatic imine (C=N–C) groups is 1. The van der Waals surface area contributed by atoms with Gasteiger partial charge in [-0.1, -0.05) is 0 Å². The van der Waals surface area contributed by atoms with Crippen LogP contribution < -0.4 is 10.2 Å². The monoisotopic (exact) mass is 423 g/mol. The number of benzene rings is 1. The van der Waals surface area contributed by atoms with Crippen LogP contribution in [0.4, 0.5) is 11.5 Å². The predicted molar refractivity (Wildman–Crippen MR) is 127 cm³/mol. The summed E-state index contributed by atoms with van der Waals surface area (Å²) < 4.78 is 0. The SMILES string of the molecule is C=Nc1cc(O)c(-c2ccc(N(C)C3CC(C)(C)NC(C)(C)C3)nn2)cc1/C=C(\C)O. The molecule has 1 aliphatic heterocycles. The van der Waals surface area contributed by atoms with Gasteiger partial charge in [-0.2, -0.15) is 0 Å². The molecule has 0 aliphatic carbocycles. The first-order chi connectivity index (χ1) is 14.4. The fourth-order valence-electron chi connectivity index (χ4n) is 4.66. The molecule has 0 saturated carbocycles. The van der Waals surface area contributed by atoms with E-state index in [1.54, 1.807) is 19.1 Å². The summed E-state index contributed by atoms with van der Waals surface area (Å²) in [5.74, 6) is 0.960. The van der Waals surface area contributed by atoms with Crippen molar-refractivity contribution in [2.45, 2.75) is 64.6 Å². The lowest BCUT2D eigenvalue weighted by Crippen LogP contribution is -2.62. The second-order valence-corrected chi connectivity index (χ2v) is 9.71. The number of anilines is 1. The number of nitrogens with zero attached hydrogens (tertiary/aromatic N) is 4. The van der Waals surface area contributed by atoms with Gasteiger partial charge < -0.3 is 20.4 Å². The van der Waals surface area contributed by atoms with Crippen LogP contribution in [0, 0.1) is 0 Å². The molecule has 31 heavy (non-hydrogen) atoms. The topological polar surface area (TPSA) is 93.9 Å². The Balaban J connectivity index is 1.90. The van der Waals surface area contributed by atoms with Crippen LogP contribution in [-0.4, -0.2) is 51.3 Å². The summed E-state index contributed by atoms with van der Waals surface area (Å²) >= 11 is 0. The van der Waals surface area contributed by atoms with Crippen LogP contribution in [-0.2, 0) is 0 Å². The molecule has 0 atom stereocenters. The molecule has 7 heteroatoms. The largest absolute Gasteiger partial charge is 0.513 e. The molecule has 1 aromatic heterocycles. The van der Waals surface area contributed by atoms with Crippen molar-refractivity contribution in [2.75, 3.05) is 11.9 Å². The van der Waals surface area contributed by atoms with Gasteiger partial charge in [0.1, 0.15) is 5.75 Å². The van der Waals surface area contributed by atoms with Gasteiger partial charge in [0.05, 0.1) is 17.1 Å². The van der Waals surface area contributed by atoms with Gasteiger partial charge in [-0.15, -0.1) is 10.2 Å². The van der Waals surface area contributed by atoms with Crippen molar-refractivity contribution >= 4 is 24.3 Å². The standard InChI is InChI=1S/C24H33N5O2/c1-15(30)10-16-11-18(21(31)12-20(16)25-6)19-8-9-22(27-26-19)29(7)17-13-23(2,3)28-24(4,5)14-17/h8-12,17,28,30-31H,6,13-14H2,1-5,7H3/b15-10+. The van der Waals surface area contributed by atoms with E-state index in [4.69, 9.17) is 0 Å². The van der Waals surface area contributed by atoms with E-state index in [1.807, 2.05) is 12.1 Å². The van der Waals surface area contributed by atoms with Gasteiger partial charge in [-0.25, -0.2) is 0 Å². The number of hydrogen-bond donors (Lipinski definition) is 3. The van der Waals surface area contributed by atoms with Crippen LogP contribution in [0.5, 0.6) is 5.75 Å². The van der Waals surface area contributed by atoms with Crippen molar-refractivity contribution in [3.05, 3.63) is 35.6 Å². The Kier molecular flexibility index (Phi) is 6.09. The molecule has 3 N–H and O–H groups in total. The highest BCUT2D eigenvalue weighted by atomic mass is 16.3. The molecule has 3 rings (SSSR count). The van der Waals surface area contributed by atoms with Gasteiger partial charge in [0.25, 0.3) is 0 Å². The molecule has 1 aromatic carbocycles. The zero-order valence-electron chi connectivity index (χ0n) is 19.3. The number of aromatic hydroxyl groups is 1. The van der Waals surface area contributed by atoms with Crippen molar-refractivity contribution in [3.63, 3.8) is 0 Å². The zero-order chi connectivity index (χ0) is 23.0. The van der Waals surface area contributed by atoms with Gasteiger partial charge in [-0.3, -0.25) is 4.99 Å². The van der Waals surface area contributed by atoms with E-state index < -0.39 is 0 Å². The number of phenols is 1. The highest BCUT2D eigenvalue weighted by Crippen LogP contribution is 2.36. The van der Waals surface area contributed by atoms with Crippen LogP contribution in [0.3, 0.4) is 0 Å². The van der Waals surface area contributed by atoms with Crippen molar-refractivity contribution in [1.82, 2.24) is 15.5 Å². The number of aromatic nitrogens is 2. The molecular formula is C24H33N5O2. The number of aliphatic hydroxyl groups excluding tert-OH is 1. The minimum atomic E-state index is 0.0346. The molecule has 2 aromatic rings. The van der Waals surface area contributed by atoms with Crippen LogP contribution in [0.2, 0.25) is 0 Å². The maximum atomic E-state index is 10.5. The number of aliphatic hydroxyl groups is 1. The molecule has 0 spiro atoms. The molecule has 1 fully saturated rings. The third-order valence-electron chi connectivity index (χ3n) is 5.68. The van der Waals surface area contributed by atoms with E-state index in [0.29, 0.717) is 28.6 Å². The van der Waals surface area contributed by atoms with E-state index in [-0.39, 0.29) is 22.6 Å². The van der Waals surface area contributed by atoms with Crippen molar-refractivity contribution < 1.29 is 10.2 Å². The van der Waals surface area contributed by atoms with E-state index in [9.17, 15) is 10.2 Å². The summed E-state index contributed by atoms with van der Waals surface area (Å²) in [6.45, 7) is 14.0. The first-order valence-corrected chi connectivity index (χ1v) is 10.5. The Labute approximate surface area is 184 Å². The fourth-order valence-corrected chi connectivity index (χ4v) is 4.66. The quantitative estimate of drug-likeness (QED) is 0.470. The third kappa shape index (κ3) is 5.22. The number of phenolic OH excluding ortho intramolecular Hbond substituents is 1. The number of piperidine rings is 1. The summed E-state index contributed by atoms with van der Waals surface area (Å²) in [6.07, 6.45) is 3.58. The molecule has 1 aliphatic rings. The third-order valence-corrected chi connectivity index (χ3v) is 5.68. The number of rotatable bonds is 5. The second-order valence-electron chi connectivity index (χ2n) is 9.71. The Bertz CT molecular complexity index is 976. The summed E-state index contributed by atoms with van der Waals surface area (Å²) in [5, 5.41) is 32.7. The Morgan fingerprint density at radius 2 is 1.84 bits per heavy atom. The van der Waals surface area contributed by atoms with E-state index >= 15 is 0 Å². The number of hydrogen-bond acceptors (Lipinski definition) is 7. The molecule has 0 amide bonds. The first kappa shape index (κ1) is 22.7. The lowest BCUT2D eigenvalue weighted by Gasteiger charge is -2.49. The van der Waals surface area contributed by atoms with E-state index in [1.165, 1.54) is 6.07 Å². The Hall–Kier alpha value is -2.93. The van der Waals surface area contributed by atoms with Crippen LogP contribution >= 0.6 is 0 Å². The molecule has 0 radical (unpaired) electrons. The lowest BCUT2D eigenvalue weighted by atomic mass is 9.79. The van der Waals surface area contributed by atoms with Crippen LogP contribution in [0.15, 0.2) is 35.0 Å². The normalized spacial score (nSPS) is 18.6. The highest BCUT2D eigenvalue weighted by molar-refractivity contribution is 5.78. The molecule has 166 valence electrons. The average molecular weight is 424 g/mol. The summed E-state index contributed by atoms with van der Waals surface area (Å²) in [7, 11) is 2.06. The minimum Gasteiger partial charge on any atom is -0.513 e. The van der Waals surface area contributed by atoms with Gasteiger partial charge >= 0.3 is 0 Å². The van der Waals surface area contributed by atoms with Gasteiger partial charge in [0.2, 0.25) is 0 Å². The number of nitrogens with one attached hydrogen (secondary N) is 1. The van der Waals surface area contributed by atoms with Crippen LogP contribution in [0.1, 0.15) is 53.0 Å².